The molecule has 1 aromatic carbocycles. The average Bonchev–Trinajstić information content (AvgIpc) is 3.22. The average molecular weight is 393 g/mol. The maximum absolute atomic E-state index is 12.1. The smallest absolute Gasteiger partial charge is 0.246 e. The van der Waals surface area contributed by atoms with Crippen LogP contribution < -0.4 is 15.5 Å². The van der Waals surface area contributed by atoms with Gasteiger partial charge in [-0.3, -0.25) is 9.48 Å². The lowest BCUT2D eigenvalue weighted by atomic mass is 10.2. The van der Waals surface area contributed by atoms with Crippen LogP contribution in [0.1, 0.15) is 5.69 Å². The van der Waals surface area contributed by atoms with Crippen LogP contribution in [-0.4, -0.2) is 52.0 Å². The number of anilines is 4. The summed E-state index contributed by atoms with van der Waals surface area (Å²) >= 11 is 0. The highest BCUT2D eigenvalue weighted by molar-refractivity contribution is 5.90. The lowest BCUT2D eigenvalue weighted by Crippen LogP contribution is -2.36. The molecule has 2 N–H and O–H groups in total. The lowest BCUT2D eigenvalue weighted by molar-refractivity contribution is -0.116. The van der Waals surface area contributed by atoms with E-state index in [1.54, 1.807) is 23.1 Å². The first-order valence-electron chi connectivity index (χ1n) is 9.48. The molecule has 1 fully saturated rings. The van der Waals surface area contributed by atoms with E-state index in [0.717, 1.165) is 30.3 Å². The highest BCUT2D eigenvalue weighted by Crippen LogP contribution is 2.20. The third kappa shape index (κ3) is 5.08. The van der Waals surface area contributed by atoms with Crippen LogP contribution in [0.15, 0.2) is 48.8 Å². The first-order chi connectivity index (χ1) is 14.2. The second-order valence-electron chi connectivity index (χ2n) is 6.74. The van der Waals surface area contributed by atoms with Gasteiger partial charge in [0.25, 0.3) is 0 Å². The van der Waals surface area contributed by atoms with Gasteiger partial charge in [-0.1, -0.05) is 0 Å². The summed E-state index contributed by atoms with van der Waals surface area (Å²) in [6.07, 6.45) is 3.39. The molecule has 1 saturated heterocycles. The van der Waals surface area contributed by atoms with Gasteiger partial charge in [-0.25, -0.2) is 4.98 Å². The second kappa shape index (κ2) is 8.70. The molecule has 9 heteroatoms. The predicted molar refractivity (Wildman–Crippen MR) is 110 cm³/mol. The zero-order chi connectivity index (χ0) is 20.1. The summed E-state index contributed by atoms with van der Waals surface area (Å²) in [6, 6.07) is 11.2. The van der Waals surface area contributed by atoms with E-state index < -0.39 is 0 Å². The van der Waals surface area contributed by atoms with Crippen molar-refractivity contribution < 1.29 is 9.53 Å². The van der Waals surface area contributed by atoms with Crippen molar-refractivity contribution in [3.8, 4) is 0 Å². The van der Waals surface area contributed by atoms with Gasteiger partial charge >= 0.3 is 0 Å². The number of ether oxygens (including phenoxy) is 1. The van der Waals surface area contributed by atoms with Crippen molar-refractivity contribution in [3.05, 3.63) is 54.5 Å². The SMILES string of the molecule is Cc1cc(N2CCOCC2)nc(Nc2ccc(NC(=O)Cn3cccn3)cc2)n1. The Bertz CT molecular complexity index is 951. The number of nitrogens with zero attached hydrogens (tertiary/aromatic N) is 5. The summed E-state index contributed by atoms with van der Waals surface area (Å²) < 4.78 is 6.99. The number of carbonyl (C=O) groups excluding carboxylic acids is 1. The Labute approximate surface area is 168 Å². The molecule has 0 radical (unpaired) electrons. The molecular weight excluding hydrogens is 370 g/mol. The number of carbonyl (C=O) groups is 1. The van der Waals surface area contributed by atoms with E-state index in [2.05, 4.69) is 30.6 Å². The van der Waals surface area contributed by atoms with Crippen LogP contribution in [0.4, 0.5) is 23.1 Å². The van der Waals surface area contributed by atoms with Gasteiger partial charge in [0.05, 0.1) is 13.2 Å². The zero-order valence-corrected chi connectivity index (χ0v) is 16.2. The minimum Gasteiger partial charge on any atom is -0.378 e. The fourth-order valence-electron chi connectivity index (χ4n) is 3.07. The van der Waals surface area contributed by atoms with Gasteiger partial charge in [-0.2, -0.15) is 10.1 Å². The standard InChI is InChI=1S/C20H23N7O2/c1-15-13-18(26-9-11-29-12-10-26)25-20(22-15)24-17-5-3-16(4-6-17)23-19(28)14-27-8-2-7-21-27/h2-8,13H,9-12,14H2,1H3,(H,23,28)(H,22,24,25). The number of hydrogen-bond donors (Lipinski definition) is 2. The summed E-state index contributed by atoms with van der Waals surface area (Å²) in [5.41, 5.74) is 2.45. The van der Waals surface area contributed by atoms with E-state index in [1.165, 1.54) is 0 Å². The molecule has 0 spiro atoms. The van der Waals surface area contributed by atoms with Crippen molar-refractivity contribution in [2.75, 3.05) is 41.8 Å². The minimum atomic E-state index is -0.133. The van der Waals surface area contributed by atoms with Gasteiger partial charge in [-0.05, 0) is 37.3 Å². The van der Waals surface area contributed by atoms with Gasteiger partial charge in [0, 0.05) is 48.6 Å². The number of nitrogens with one attached hydrogen (secondary N) is 2. The van der Waals surface area contributed by atoms with Gasteiger partial charge in [0.1, 0.15) is 12.4 Å². The number of aromatic nitrogens is 4. The monoisotopic (exact) mass is 393 g/mol. The highest BCUT2D eigenvalue weighted by atomic mass is 16.5. The summed E-state index contributed by atoms with van der Waals surface area (Å²) in [4.78, 5) is 23.4. The van der Waals surface area contributed by atoms with Crippen molar-refractivity contribution >= 4 is 29.0 Å². The molecule has 9 nitrogen and oxygen atoms in total. The van der Waals surface area contributed by atoms with Crippen LogP contribution in [0.2, 0.25) is 0 Å². The van der Waals surface area contributed by atoms with E-state index in [1.807, 2.05) is 37.3 Å². The molecule has 1 aliphatic rings. The first-order valence-corrected chi connectivity index (χ1v) is 9.48. The molecule has 0 bridgehead atoms. The molecule has 1 aliphatic heterocycles. The molecule has 3 heterocycles. The number of amides is 1. The molecule has 3 aromatic rings. The Morgan fingerprint density at radius 2 is 1.90 bits per heavy atom. The fourth-order valence-corrected chi connectivity index (χ4v) is 3.07. The molecule has 29 heavy (non-hydrogen) atoms. The fraction of sp³-hybridized carbons (Fsp3) is 0.300. The van der Waals surface area contributed by atoms with E-state index in [4.69, 9.17) is 4.74 Å². The van der Waals surface area contributed by atoms with Gasteiger partial charge in [0.2, 0.25) is 11.9 Å². The Balaban J connectivity index is 1.39. The molecule has 0 aliphatic carbocycles. The van der Waals surface area contributed by atoms with Gasteiger partial charge in [-0.15, -0.1) is 0 Å². The molecule has 0 saturated carbocycles. The second-order valence-corrected chi connectivity index (χ2v) is 6.74. The van der Waals surface area contributed by atoms with Crippen LogP contribution in [0.5, 0.6) is 0 Å². The maximum atomic E-state index is 12.1. The van der Waals surface area contributed by atoms with E-state index in [0.29, 0.717) is 24.8 Å². The first kappa shape index (κ1) is 18.9. The van der Waals surface area contributed by atoms with Crippen LogP contribution in [-0.2, 0) is 16.1 Å². The molecule has 1 amide bonds. The van der Waals surface area contributed by atoms with Crippen molar-refractivity contribution in [1.82, 2.24) is 19.7 Å². The van der Waals surface area contributed by atoms with Crippen molar-refractivity contribution in [2.24, 2.45) is 0 Å². The Hall–Kier alpha value is -3.46. The zero-order valence-electron chi connectivity index (χ0n) is 16.2. The van der Waals surface area contributed by atoms with Crippen molar-refractivity contribution in [3.63, 3.8) is 0 Å². The number of rotatable bonds is 6. The quantitative estimate of drug-likeness (QED) is 0.663. The Morgan fingerprint density at radius 3 is 2.62 bits per heavy atom. The van der Waals surface area contributed by atoms with E-state index in [9.17, 15) is 4.79 Å². The molecule has 0 unspecified atom stereocenters. The number of hydrogen-bond acceptors (Lipinski definition) is 7. The molecule has 4 rings (SSSR count). The lowest BCUT2D eigenvalue weighted by Gasteiger charge is -2.28. The number of morpholine rings is 1. The van der Waals surface area contributed by atoms with Gasteiger partial charge < -0.3 is 20.3 Å². The van der Waals surface area contributed by atoms with E-state index >= 15 is 0 Å². The Kier molecular flexibility index (Phi) is 5.66. The van der Waals surface area contributed by atoms with Crippen LogP contribution >= 0.6 is 0 Å². The van der Waals surface area contributed by atoms with Crippen LogP contribution in [0.3, 0.4) is 0 Å². The molecule has 150 valence electrons. The number of aryl methyl sites for hydroxylation is 1. The summed E-state index contributed by atoms with van der Waals surface area (Å²) in [6.45, 7) is 5.19. The minimum absolute atomic E-state index is 0.133. The van der Waals surface area contributed by atoms with E-state index in [-0.39, 0.29) is 12.5 Å². The number of benzene rings is 1. The van der Waals surface area contributed by atoms with Crippen LogP contribution in [0.25, 0.3) is 0 Å². The summed E-state index contributed by atoms with van der Waals surface area (Å²) in [5.74, 6) is 1.30. The molecular formula is C20H23N7O2. The largest absolute Gasteiger partial charge is 0.378 e. The third-order valence-electron chi connectivity index (χ3n) is 4.47. The summed E-state index contributed by atoms with van der Waals surface area (Å²) in [7, 11) is 0. The van der Waals surface area contributed by atoms with Crippen molar-refractivity contribution in [1.29, 1.82) is 0 Å². The highest BCUT2D eigenvalue weighted by Gasteiger charge is 2.14. The molecule has 0 atom stereocenters. The van der Waals surface area contributed by atoms with Crippen LogP contribution in [0, 0.1) is 6.92 Å². The maximum Gasteiger partial charge on any atom is 0.246 e. The topological polar surface area (TPSA) is 97.2 Å². The normalized spacial score (nSPS) is 13.9. The van der Waals surface area contributed by atoms with Gasteiger partial charge in [0.15, 0.2) is 0 Å². The Morgan fingerprint density at radius 1 is 1.14 bits per heavy atom. The van der Waals surface area contributed by atoms with Crippen molar-refractivity contribution in [2.45, 2.75) is 13.5 Å². The third-order valence-corrected chi connectivity index (χ3v) is 4.47. The summed E-state index contributed by atoms with van der Waals surface area (Å²) in [5, 5.41) is 10.1. The molecule has 2 aromatic heterocycles. The predicted octanol–water partition coefficient (Wildman–Crippen LogP) is 2.20.